The molecule has 90 valence electrons. The molecule has 4 nitrogen and oxygen atoms in total. The van der Waals surface area contributed by atoms with Crippen molar-refractivity contribution in [3.05, 3.63) is 0 Å². The van der Waals surface area contributed by atoms with Crippen molar-refractivity contribution in [2.45, 2.75) is 25.6 Å². The lowest BCUT2D eigenvalue weighted by Crippen LogP contribution is -2.40. The summed E-state index contributed by atoms with van der Waals surface area (Å²) in [5.41, 5.74) is -1.17. The molecule has 0 aromatic heterocycles. The molecule has 0 aliphatic carbocycles. The second-order valence-electron chi connectivity index (χ2n) is 3.84. The van der Waals surface area contributed by atoms with Crippen molar-refractivity contribution >= 4 is 6.09 Å². The first-order valence-electron chi connectivity index (χ1n) is 4.18. The van der Waals surface area contributed by atoms with E-state index in [1.165, 1.54) is 20.9 Å². The molecule has 7 heteroatoms. The van der Waals surface area contributed by atoms with Crippen LogP contribution in [0.5, 0.6) is 0 Å². The van der Waals surface area contributed by atoms with Gasteiger partial charge in [0.2, 0.25) is 0 Å². The summed E-state index contributed by atoms with van der Waals surface area (Å²) in [6.45, 7) is 1.13. The van der Waals surface area contributed by atoms with Gasteiger partial charge in [0.25, 0.3) is 0 Å². The van der Waals surface area contributed by atoms with Crippen molar-refractivity contribution in [3.8, 4) is 0 Å². The average molecular weight is 229 g/mol. The van der Waals surface area contributed by atoms with E-state index in [0.717, 1.165) is 4.90 Å². The van der Waals surface area contributed by atoms with Gasteiger partial charge in [-0.25, -0.2) is 4.79 Å². The first kappa shape index (κ1) is 14.0. The Kier molecular flexibility index (Phi) is 4.39. The molecule has 0 unspecified atom stereocenters. The van der Waals surface area contributed by atoms with E-state index in [1.54, 1.807) is 0 Å². The molecule has 0 radical (unpaired) electrons. The number of alkyl halides is 3. The molecule has 0 saturated carbocycles. The number of carbonyl (C=O) groups excluding carboxylic acids is 1. The maximum Gasteiger partial charge on any atom is 0.422 e. The van der Waals surface area contributed by atoms with Crippen LogP contribution >= 0.6 is 0 Å². The van der Waals surface area contributed by atoms with Gasteiger partial charge in [0.1, 0.15) is 0 Å². The highest BCUT2D eigenvalue weighted by Gasteiger charge is 2.30. The Morgan fingerprint density at radius 1 is 1.40 bits per heavy atom. The summed E-state index contributed by atoms with van der Waals surface area (Å²) in [5.74, 6) is 0. The SMILES string of the molecule is CN(CC(C)(C)O)C(=O)OCC(F)(F)F. The van der Waals surface area contributed by atoms with E-state index in [-0.39, 0.29) is 6.54 Å². The lowest BCUT2D eigenvalue weighted by Gasteiger charge is -2.25. The van der Waals surface area contributed by atoms with Crippen LogP contribution in [-0.2, 0) is 4.74 Å². The quantitative estimate of drug-likeness (QED) is 0.795. The summed E-state index contributed by atoms with van der Waals surface area (Å²) in [7, 11) is 1.25. The molecule has 0 bridgehead atoms. The molecule has 0 rings (SSSR count). The van der Waals surface area contributed by atoms with Gasteiger partial charge in [0.15, 0.2) is 6.61 Å². The lowest BCUT2D eigenvalue weighted by atomic mass is 10.1. The fourth-order valence-electron chi connectivity index (χ4n) is 0.899. The van der Waals surface area contributed by atoms with Crippen molar-refractivity contribution < 1.29 is 27.8 Å². The summed E-state index contributed by atoms with van der Waals surface area (Å²) in [5, 5.41) is 9.29. The number of aliphatic hydroxyl groups is 1. The number of rotatable bonds is 3. The zero-order valence-electron chi connectivity index (χ0n) is 8.76. The molecule has 0 fully saturated rings. The van der Waals surface area contributed by atoms with Crippen LogP contribution in [0.1, 0.15) is 13.8 Å². The monoisotopic (exact) mass is 229 g/mol. The number of halogens is 3. The van der Waals surface area contributed by atoms with Gasteiger partial charge < -0.3 is 14.7 Å². The lowest BCUT2D eigenvalue weighted by molar-refractivity contribution is -0.162. The van der Waals surface area contributed by atoms with Crippen LogP contribution in [0.25, 0.3) is 0 Å². The third-order valence-corrected chi connectivity index (χ3v) is 1.30. The summed E-state index contributed by atoms with van der Waals surface area (Å²) >= 11 is 0. The van der Waals surface area contributed by atoms with E-state index in [1.807, 2.05) is 0 Å². The second-order valence-corrected chi connectivity index (χ2v) is 3.84. The van der Waals surface area contributed by atoms with Gasteiger partial charge in [-0.05, 0) is 13.8 Å². The minimum Gasteiger partial charge on any atom is -0.440 e. The van der Waals surface area contributed by atoms with Gasteiger partial charge >= 0.3 is 12.3 Å². The molecular weight excluding hydrogens is 215 g/mol. The Hall–Kier alpha value is -0.980. The minimum atomic E-state index is -4.54. The van der Waals surface area contributed by atoms with Gasteiger partial charge in [-0.2, -0.15) is 13.2 Å². The van der Waals surface area contributed by atoms with E-state index < -0.39 is 24.5 Å². The molecule has 0 heterocycles. The fourth-order valence-corrected chi connectivity index (χ4v) is 0.899. The molecule has 0 atom stereocenters. The van der Waals surface area contributed by atoms with E-state index in [9.17, 15) is 23.1 Å². The van der Waals surface area contributed by atoms with Crippen molar-refractivity contribution in [1.82, 2.24) is 4.90 Å². The Labute approximate surface area is 85.6 Å². The zero-order chi connectivity index (χ0) is 12.3. The number of likely N-dealkylation sites (N-methyl/N-ethyl adjacent to an activating group) is 1. The van der Waals surface area contributed by atoms with Crippen LogP contribution in [0.4, 0.5) is 18.0 Å². The minimum absolute atomic E-state index is 0.107. The number of nitrogens with zero attached hydrogens (tertiary/aromatic N) is 1. The fraction of sp³-hybridized carbons (Fsp3) is 0.875. The van der Waals surface area contributed by atoms with Gasteiger partial charge in [-0.15, -0.1) is 0 Å². The van der Waals surface area contributed by atoms with Crippen molar-refractivity contribution in [1.29, 1.82) is 0 Å². The van der Waals surface area contributed by atoms with E-state index in [4.69, 9.17) is 0 Å². The van der Waals surface area contributed by atoms with Crippen molar-refractivity contribution in [3.63, 3.8) is 0 Å². The topological polar surface area (TPSA) is 49.8 Å². The predicted molar refractivity (Wildman–Crippen MR) is 46.3 cm³/mol. The molecular formula is C8H14F3NO3. The van der Waals surface area contributed by atoms with Crippen LogP contribution < -0.4 is 0 Å². The smallest absolute Gasteiger partial charge is 0.422 e. The highest BCUT2D eigenvalue weighted by atomic mass is 19.4. The zero-order valence-corrected chi connectivity index (χ0v) is 8.76. The summed E-state index contributed by atoms with van der Waals surface area (Å²) in [4.78, 5) is 11.8. The number of ether oxygens (including phenoxy) is 1. The molecule has 15 heavy (non-hydrogen) atoms. The highest BCUT2D eigenvalue weighted by molar-refractivity contribution is 5.67. The summed E-state index contributed by atoms with van der Waals surface area (Å²) in [6.07, 6.45) is -5.65. The first-order chi connectivity index (χ1) is 6.51. The first-order valence-corrected chi connectivity index (χ1v) is 4.18. The van der Waals surface area contributed by atoms with Crippen LogP contribution in [-0.4, -0.2) is 48.1 Å². The maximum atomic E-state index is 11.7. The number of hydrogen-bond donors (Lipinski definition) is 1. The molecule has 0 aliphatic heterocycles. The molecule has 0 saturated heterocycles. The summed E-state index contributed by atoms with van der Waals surface area (Å²) < 4.78 is 39.0. The van der Waals surface area contributed by atoms with Crippen molar-refractivity contribution in [2.24, 2.45) is 0 Å². The molecule has 0 aliphatic rings. The molecule has 0 spiro atoms. The molecule has 1 amide bonds. The Morgan fingerprint density at radius 2 is 1.87 bits per heavy atom. The van der Waals surface area contributed by atoms with Gasteiger partial charge in [0, 0.05) is 7.05 Å². The van der Waals surface area contributed by atoms with Gasteiger partial charge in [-0.3, -0.25) is 0 Å². The third-order valence-electron chi connectivity index (χ3n) is 1.30. The predicted octanol–water partition coefficient (Wildman–Crippen LogP) is 1.39. The molecule has 1 N–H and O–H groups in total. The Morgan fingerprint density at radius 3 is 2.20 bits per heavy atom. The number of amides is 1. The van der Waals surface area contributed by atoms with Crippen LogP contribution in [0.15, 0.2) is 0 Å². The Bertz CT molecular complexity index is 222. The molecule has 0 aromatic carbocycles. The highest BCUT2D eigenvalue weighted by Crippen LogP contribution is 2.15. The second kappa shape index (κ2) is 4.69. The number of hydrogen-bond acceptors (Lipinski definition) is 3. The molecule has 0 aromatic rings. The summed E-state index contributed by atoms with van der Waals surface area (Å²) in [6, 6.07) is 0. The van der Waals surface area contributed by atoms with Crippen molar-refractivity contribution in [2.75, 3.05) is 20.2 Å². The standard InChI is InChI=1S/C8H14F3NO3/c1-7(2,14)4-12(3)6(13)15-5-8(9,10)11/h14H,4-5H2,1-3H3. The Balaban J connectivity index is 4.01. The van der Waals surface area contributed by atoms with Gasteiger partial charge in [0.05, 0.1) is 12.1 Å². The van der Waals surface area contributed by atoms with E-state index in [0.29, 0.717) is 0 Å². The number of carbonyl (C=O) groups is 1. The maximum absolute atomic E-state index is 11.7. The average Bonchev–Trinajstić information content (AvgIpc) is 1.95. The van der Waals surface area contributed by atoms with Crippen LogP contribution in [0.3, 0.4) is 0 Å². The van der Waals surface area contributed by atoms with Crippen LogP contribution in [0.2, 0.25) is 0 Å². The van der Waals surface area contributed by atoms with Gasteiger partial charge in [-0.1, -0.05) is 0 Å². The van der Waals surface area contributed by atoms with Crippen LogP contribution in [0, 0.1) is 0 Å². The van der Waals surface area contributed by atoms with E-state index in [2.05, 4.69) is 4.74 Å². The van der Waals surface area contributed by atoms with E-state index >= 15 is 0 Å². The largest absolute Gasteiger partial charge is 0.440 e. The normalized spacial score (nSPS) is 12.5. The third kappa shape index (κ3) is 8.04.